The maximum atomic E-state index is 12.7. The van der Waals surface area contributed by atoms with E-state index < -0.39 is 15.8 Å². The van der Waals surface area contributed by atoms with Crippen LogP contribution in [0.1, 0.15) is 25.7 Å². The van der Waals surface area contributed by atoms with Crippen molar-refractivity contribution in [3.05, 3.63) is 42.5 Å². The fraction of sp³-hybridized carbons (Fsp3) is 0.438. The van der Waals surface area contributed by atoms with E-state index >= 15 is 0 Å². The summed E-state index contributed by atoms with van der Waals surface area (Å²) in [5.74, 6) is -0.341. The lowest BCUT2D eigenvalue weighted by Gasteiger charge is -2.18. The lowest BCUT2D eigenvalue weighted by Crippen LogP contribution is -2.25. The van der Waals surface area contributed by atoms with Crippen molar-refractivity contribution >= 4 is 15.8 Å². The van der Waals surface area contributed by atoms with Gasteiger partial charge in [0.1, 0.15) is 0 Å². The number of hydrogen-bond acceptors (Lipinski definition) is 4. The molecule has 1 aromatic rings. The molecular formula is C16H20O4S. The predicted octanol–water partition coefficient (Wildman–Crippen LogP) is 2.75. The van der Waals surface area contributed by atoms with E-state index in [-0.39, 0.29) is 11.2 Å². The van der Waals surface area contributed by atoms with Gasteiger partial charge >= 0.3 is 5.97 Å². The minimum Gasteiger partial charge on any atom is -0.466 e. The summed E-state index contributed by atoms with van der Waals surface area (Å²) in [6, 6.07) is 8.59. The highest BCUT2D eigenvalue weighted by Crippen LogP contribution is 2.36. The predicted molar refractivity (Wildman–Crippen MR) is 80.5 cm³/mol. The number of allylic oxidation sites excluding steroid dienone is 1. The third-order valence-corrected chi connectivity index (χ3v) is 6.30. The van der Waals surface area contributed by atoms with Crippen molar-refractivity contribution in [1.82, 2.24) is 0 Å². The number of carbonyl (C=O) groups excluding carboxylic acids is 1. The van der Waals surface area contributed by atoms with Crippen LogP contribution >= 0.6 is 0 Å². The SMILES string of the molecule is COC(=O)/C=C/C[C@@H]1CCC[C@H]1S(=O)(=O)c1ccccc1. The van der Waals surface area contributed by atoms with Gasteiger partial charge in [0.2, 0.25) is 0 Å². The molecule has 2 rings (SSSR count). The first-order chi connectivity index (χ1) is 10.1. The molecule has 0 spiro atoms. The van der Waals surface area contributed by atoms with Crippen molar-refractivity contribution in [2.24, 2.45) is 5.92 Å². The summed E-state index contributed by atoms with van der Waals surface area (Å²) < 4.78 is 29.9. The third-order valence-electron chi connectivity index (χ3n) is 3.95. The van der Waals surface area contributed by atoms with Crippen LogP contribution in [0.3, 0.4) is 0 Å². The molecule has 5 heteroatoms. The Morgan fingerprint density at radius 1 is 1.29 bits per heavy atom. The van der Waals surface area contributed by atoms with Crippen LogP contribution in [0.2, 0.25) is 0 Å². The second-order valence-corrected chi connectivity index (χ2v) is 7.42. The highest BCUT2D eigenvalue weighted by molar-refractivity contribution is 7.92. The Labute approximate surface area is 125 Å². The molecule has 114 valence electrons. The molecule has 1 aromatic carbocycles. The number of methoxy groups -OCH3 is 1. The number of ether oxygens (including phenoxy) is 1. The summed E-state index contributed by atoms with van der Waals surface area (Å²) >= 11 is 0. The molecule has 0 saturated heterocycles. The average Bonchev–Trinajstić information content (AvgIpc) is 2.97. The molecule has 0 heterocycles. The zero-order valence-corrected chi connectivity index (χ0v) is 12.9. The zero-order chi connectivity index (χ0) is 15.3. The summed E-state index contributed by atoms with van der Waals surface area (Å²) in [7, 11) is -1.97. The van der Waals surface area contributed by atoms with Crippen molar-refractivity contribution in [3.63, 3.8) is 0 Å². The van der Waals surface area contributed by atoms with Gasteiger partial charge in [-0.05, 0) is 37.3 Å². The Morgan fingerprint density at radius 2 is 2.00 bits per heavy atom. The Kier molecular flexibility index (Phi) is 5.17. The Bertz CT molecular complexity index is 604. The van der Waals surface area contributed by atoms with Gasteiger partial charge in [-0.15, -0.1) is 0 Å². The minimum atomic E-state index is -3.29. The molecular weight excluding hydrogens is 288 g/mol. The quantitative estimate of drug-likeness (QED) is 0.620. The van der Waals surface area contributed by atoms with Crippen LogP contribution < -0.4 is 0 Å². The fourth-order valence-corrected chi connectivity index (χ4v) is 4.99. The fourth-order valence-electron chi connectivity index (χ4n) is 2.87. The van der Waals surface area contributed by atoms with Crippen molar-refractivity contribution in [2.45, 2.75) is 35.8 Å². The highest BCUT2D eigenvalue weighted by Gasteiger charge is 2.37. The second kappa shape index (κ2) is 6.89. The lowest BCUT2D eigenvalue weighted by atomic mass is 10.0. The molecule has 2 atom stereocenters. The summed E-state index contributed by atoms with van der Waals surface area (Å²) in [5, 5.41) is -0.359. The van der Waals surface area contributed by atoms with Crippen molar-refractivity contribution < 1.29 is 17.9 Å². The normalized spacial score (nSPS) is 22.5. The first kappa shape index (κ1) is 15.8. The third kappa shape index (κ3) is 3.73. The van der Waals surface area contributed by atoms with Gasteiger partial charge in [-0.3, -0.25) is 0 Å². The number of sulfone groups is 1. The Balaban J connectivity index is 2.11. The van der Waals surface area contributed by atoms with Crippen LogP contribution in [-0.2, 0) is 19.4 Å². The first-order valence-corrected chi connectivity index (χ1v) is 8.63. The lowest BCUT2D eigenvalue weighted by molar-refractivity contribution is -0.134. The van der Waals surface area contributed by atoms with Crippen LogP contribution in [0.15, 0.2) is 47.4 Å². The molecule has 0 bridgehead atoms. The Hall–Kier alpha value is -1.62. The monoisotopic (exact) mass is 308 g/mol. The van der Waals surface area contributed by atoms with Crippen molar-refractivity contribution in [1.29, 1.82) is 0 Å². The van der Waals surface area contributed by atoms with Gasteiger partial charge in [0.15, 0.2) is 9.84 Å². The van der Waals surface area contributed by atoms with Gasteiger partial charge in [0.25, 0.3) is 0 Å². The summed E-state index contributed by atoms with van der Waals surface area (Å²) in [5.41, 5.74) is 0. The molecule has 0 amide bonds. The number of carbonyl (C=O) groups is 1. The van der Waals surface area contributed by atoms with E-state index in [9.17, 15) is 13.2 Å². The van der Waals surface area contributed by atoms with Gasteiger partial charge in [0.05, 0.1) is 17.3 Å². The molecule has 21 heavy (non-hydrogen) atoms. The standard InChI is InChI=1S/C16H20O4S/c1-20-16(17)12-6-8-13-7-5-11-15(13)21(18,19)14-9-3-2-4-10-14/h2-4,6,9-10,12-13,15H,5,7-8,11H2,1H3/b12-6+/t13-,15+/m0/s1. The molecule has 0 radical (unpaired) electrons. The van der Waals surface area contributed by atoms with E-state index in [1.807, 2.05) is 6.07 Å². The van der Waals surface area contributed by atoms with E-state index in [0.29, 0.717) is 17.7 Å². The molecule has 1 aliphatic rings. The molecule has 1 fully saturated rings. The number of benzene rings is 1. The second-order valence-electron chi connectivity index (χ2n) is 5.25. The Morgan fingerprint density at radius 3 is 2.67 bits per heavy atom. The maximum Gasteiger partial charge on any atom is 0.330 e. The summed E-state index contributed by atoms with van der Waals surface area (Å²) in [6.07, 6.45) is 6.15. The van der Waals surface area contributed by atoms with Crippen LogP contribution in [0.25, 0.3) is 0 Å². The van der Waals surface area contributed by atoms with E-state index in [0.717, 1.165) is 12.8 Å². The molecule has 4 nitrogen and oxygen atoms in total. The van der Waals surface area contributed by atoms with Crippen LogP contribution in [0.5, 0.6) is 0 Å². The van der Waals surface area contributed by atoms with E-state index in [1.165, 1.54) is 13.2 Å². The molecule has 0 aliphatic heterocycles. The highest BCUT2D eigenvalue weighted by atomic mass is 32.2. The van der Waals surface area contributed by atoms with Gasteiger partial charge in [-0.1, -0.05) is 30.7 Å². The van der Waals surface area contributed by atoms with Crippen molar-refractivity contribution in [2.75, 3.05) is 7.11 Å². The molecule has 0 N–H and O–H groups in total. The smallest absolute Gasteiger partial charge is 0.330 e. The molecule has 1 saturated carbocycles. The summed E-state index contributed by atoms with van der Waals surface area (Å²) in [6.45, 7) is 0. The average molecular weight is 308 g/mol. The molecule has 1 aliphatic carbocycles. The van der Waals surface area contributed by atoms with E-state index in [2.05, 4.69) is 4.74 Å². The van der Waals surface area contributed by atoms with Gasteiger partial charge in [-0.25, -0.2) is 13.2 Å². The number of esters is 1. The molecule has 0 aromatic heterocycles. The van der Waals surface area contributed by atoms with Crippen LogP contribution in [0, 0.1) is 5.92 Å². The first-order valence-electron chi connectivity index (χ1n) is 7.09. The molecule has 0 unspecified atom stereocenters. The number of rotatable bonds is 5. The maximum absolute atomic E-state index is 12.7. The topological polar surface area (TPSA) is 60.4 Å². The van der Waals surface area contributed by atoms with Gasteiger partial charge in [0, 0.05) is 6.08 Å². The zero-order valence-electron chi connectivity index (χ0n) is 12.1. The minimum absolute atomic E-state index is 0.0658. The van der Waals surface area contributed by atoms with Crippen LogP contribution in [0.4, 0.5) is 0 Å². The van der Waals surface area contributed by atoms with Crippen LogP contribution in [-0.4, -0.2) is 26.7 Å². The largest absolute Gasteiger partial charge is 0.466 e. The number of hydrogen-bond donors (Lipinski definition) is 0. The van der Waals surface area contributed by atoms with Gasteiger partial charge in [-0.2, -0.15) is 0 Å². The van der Waals surface area contributed by atoms with E-state index in [1.54, 1.807) is 30.3 Å². The van der Waals surface area contributed by atoms with E-state index in [4.69, 9.17) is 0 Å². The summed E-state index contributed by atoms with van der Waals surface area (Å²) in [4.78, 5) is 11.4. The van der Waals surface area contributed by atoms with Crippen molar-refractivity contribution in [3.8, 4) is 0 Å². The van der Waals surface area contributed by atoms with Gasteiger partial charge < -0.3 is 4.74 Å².